The molecule has 0 radical (unpaired) electrons. The quantitative estimate of drug-likeness (QED) is 0.116. The Hall–Kier alpha value is -3.10. The van der Waals surface area contributed by atoms with Gasteiger partial charge in [-0.1, -0.05) is 101 Å². The molecule has 0 aliphatic heterocycles. The maximum atomic E-state index is 4.86. The Morgan fingerprint density at radius 1 is 0.625 bits per heavy atom. The number of benzene rings is 2. The zero-order chi connectivity index (χ0) is 28.9. The van der Waals surface area contributed by atoms with Crippen molar-refractivity contribution in [1.82, 2.24) is 19.6 Å². The van der Waals surface area contributed by atoms with Crippen LogP contribution >= 0.6 is 23.5 Å². The van der Waals surface area contributed by atoms with Crippen LogP contribution in [0.4, 0.5) is 0 Å². The van der Waals surface area contributed by atoms with E-state index in [-0.39, 0.29) is 9.49 Å². The zero-order valence-electron chi connectivity index (χ0n) is 24.8. The number of rotatable bonds is 9. The highest BCUT2D eigenvalue weighted by atomic mass is 32.2. The van der Waals surface area contributed by atoms with Crippen LogP contribution in [0.25, 0.3) is 11.4 Å². The Morgan fingerprint density at radius 3 is 1.30 bits per heavy atom. The lowest BCUT2D eigenvalue weighted by molar-refractivity contribution is 0.764. The minimum atomic E-state index is 0.0384. The van der Waals surface area contributed by atoms with E-state index >= 15 is 0 Å². The third kappa shape index (κ3) is 7.76. The highest BCUT2D eigenvalue weighted by Gasteiger charge is 2.23. The molecule has 4 aromatic rings. The first kappa shape index (κ1) is 29.9. The molecule has 0 amide bonds. The molecule has 2 aromatic carbocycles. The van der Waals surface area contributed by atoms with Gasteiger partial charge in [0.15, 0.2) is 0 Å². The molecule has 0 saturated carbocycles. The van der Waals surface area contributed by atoms with Gasteiger partial charge in [0.25, 0.3) is 0 Å². The van der Waals surface area contributed by atoms with Crippen molar-refractivity contribution in [3.05, 3.63) is 83.2 Å². The second-order valence-corrected chi connectivity index (χ2v) is 15.2. The van der Waals surface area contributed by atoms with E-state index in [4.69, 9.17) is 20.2 Å². The van der Waals surface area contributed by atoms with Gasteiger partial charge in [0, 0.05) is 33.1 Å². The predicted octanol–water partition coefficient (Wildman–Crippen LogP) is 7.99. The lowest BCUT2D eigenvalue weighted by Gasteiger charge is -2.19. The molecule has 0 aliphatic carbocycles. The van der Waals surface area contributed by atoms with Crippen molar-refractivity contribution >= 4 is 36.0 Å². The van der Waals surface area contributed by atoms with Crippen LogP contribution in [0, 0.1) is 13.8 Å². The van der Waals surface area contributed by atoms with Crippen LogP contribution in [0.3, 0.4) is 0 Å². The van der Waals surface area contributed by atoms with Gasteiger partial charge in [-0.2, -0.15) is 10.2 Å². The lowest BCUT2D eigenvalue weighted by atomic mass is 10.2. The Morgan fingerprint density at radius 2 is 0.975 bits per heavy atom. The van der Waals surface area contributed by atoms with Crippen LogP contribution in [0.1, 0.15) is 64.1 Å². The van der Waals surface area contributed by atoms with E-state index in [9.17, 15) is 0 Å². The number of para-hydroxylation sites is 2. The molecule has 2 heterocycles. The SMILES string of the molecule is Cc1nn(-c2ccccc2)c(SC(C)(C)C)c1C=NCCN=Cc1c(C)nn(-c2ccccc2)c1SC(C)(C)C. The second-order valence-electron chi connectivity index (χ2n) is 11.6. The molecule has 0 spiro atoms. The number of aliphatic imine (C=N–C) groups is 2. The molecule has 8 heteroatoms. The van der Waals surface area contributed by atoms with Gasteiger partial charge in [-0.25, -0.2) is 9.36 Å². The van der Waals surface area contributed by atoms with E-state index in [2.05, 4.69) is 65.8 Å². The van der Waals surface area contributed by atoms with Gasteiger partial charge in [-0.3, -0.25) is 9.98 Å². The first-order valence-corrected chi connectivity index (χ1v) is 15.2. The fourth-order valence-corrected chi connectivity index (χ4v) is 6.27. The highest BCUT2D eigenvalue weighted by molar-refractivity contribution is 8.00. The average Bonchev–Trinajstić information content (AvgIpc) is 3.36. The fraction of sp³-hybridized carbons (Fsp3) is 0.375. The Bertz CT molecular complexity index is 1360. The molecule has 0 saturated heterocycles. The van der Waals surface area contributed by atoms with Crippen molar-refractivity contribution in [3.8, 4) is 11.4 Å². The maximum Gasteiger partial charge on any atom is 0.109 e. The summed E-state index contributed by atoms with van der Waals surface area (Å²) < 4.78 is 4.14. The molecule has 0 fully saturated rings. The fourth-order valence-electron chi connectivity index (χ4n) is 4.03. The summed E-state index contributed by atoms with van der Waals surface area (Å²) in [5.41, 5.74) is 6.17. The second kappa shape index (κ2) is 12.6. The summed E-state index contributed by atoms with van der Waals surface area (Å²) in [6, 6.07) is 20.6. The Balaban J connectivity index is 1.53. The molecule has 0 atom stereocenters. The van der Waals surface area contributed by atoms with E-state index < -0.39 is 0 Å². The molecule has 6 nitrogen and oxygen atoms in total. The lowest BCUT2D eigenvalue weighted by Crippen LogP contribution is -2.10. The van der Waals surface area contributed by atoms with Crippen molar-refractivity contribution < 1.29 is 0 Å². The summed E-state index contributed by atoms with van der Waals surface area (Å²) >= 11 is 3.62. The van der Waals surface area contributed by atoms with Gasteiger partial charge in [0.05, 0.1) is 35.9 Å². The molecule has 2 aromatic heterocycles. The highest BCUT2D eigenvalue weighted by Crippen LogP contribution is 2.37. The van der Waals surface area contributed by atoms with Crippen LogP contribution in [0.15, 0.2) is 80.7 Å². The topological polar surface area (TPSA) is 60.4 Å². The molecule has 4 rings (SSSR count). The summed E-state index contributed by atoms with van der Waals surface area (Å²) in [5.74, 6) is 0. The molecular formula is C32H40N6S2. The van der Waals surface area contributed by atoms with Gasteiger partial charge >= 0.3 is 0 Å². The summed E-state index contributed by atoms with van der Waals surface area (Å²) in [6.45, 7) is 18.6. The monoisotopic (exact) mass is 572 g/mol. The van der Waals surface area contributed by atoms with Gasteiger partial charge in [-0.05, 0) is 38.1 Å². The van der Waals surface area contributed by atoms with Crippen molar-refractivity contribution in [2.75, 3.05) is 13.1 Å². The van der Waals surface area contributed by atoms with Crippen LogP contribution in [-0.4, -0.2) is 54.6 Å². The van der Waals surface area contributed by atoms with E-state index in [0.717, 1.165) is 43.9 Å². The summed E-state index contributed by atoms with van der Waals surface area (Å²) in [7, 11) is 0. The number of hydrogen-bond acceptors (Lipinski definition) is 6. The van der Waals surface area contributed by atoms with Crippen molar-refractivity contribution in [1.29, 1.82) is 0 Å². The van der Waals surface area contributed by atoms with E-state index in [0.29, 0.717) is 13.1 Å². The van der Waals surface area contributed by atoms with Crippen LogP contribution < -0.4 is 0 Å². The molecule has 0 unspecified atom stereocenters. The average molecular weight is 573 g/mol. The van der Waals surface area contributed by atoms with E-state index in [1.807, 2.05) is 95.6 Å². The third-order valence-corrected chi connectivity index (χ3v) is 8.13. The van der Waals surface area contributed by atoms with Crippen molar-refractivity contribution in [2.45, 2.75) is 74.9 Å². The van der Waals surface area contributed by atoms with Gasteiger partial charge in [0.2, 0.25) is 0 Å². The summed E-state index contributed by atoms with van der Waals surface area (Å²) in [6.07, 6.45) is 3.93. The predicted molar refractivity (Wildman–Crippen MR) is 173 cm³/mol. The van der Waals surface area contributed by atoms with E-state index in [1.165, 1.54) is 0 Å². The molecular weight excluding hydrogens is 533 g/mol. The van der Waals surface area contributed by atoms with Gasteiger partial charge < -0.3 is 0 Å². The number of thioether (sulfide) groups is 2. The largest absolute Gasteiger partial charge is 0.290 e. The van der Waals surface area contributed by atoms with Crippen LogP contribution in [-0.2, 0) is 0 Å². The Labute approximate surface area is 247 Å². The first-order chi connectivity index (χ1) is 18.9. The molecule has 0 N–H and O–H groups in total. The zero-order valence-corrected chi connectivity index (χ0v) is 26.5. The van der Waals surface area contributed by atoms with Crippen LogP contribution in [0.5, 0.6) is 0 Å². The van der Waals surface area contributed by atoms with Crippen molar-refractivity contribution in [2.24, 2.45) is 9.98 Å². The molecule has 40 heavy (non-hydrogen) atoms. The number of hydrogen-bond donors (Lipinski definition) is 0. The smallest absolute Gasteiger partial charge is 0.109 e. The number of aromatic nitrogens is 4. The maximum absolute atomic E-state index is 4.86. The standard InChI is InChI=1S/C32H40N6S2/c1-23-27(29(39-31(3,4)5)37(35-23)25-15-11-9-12-16-25)21-33-19-20-34-22-28-24(2)36-38(26-17-13-10-14-18-26)30(28)40-32(6,7)8/h9-18,21-22H,19-20H2,1-8H3. The van der Waals surface area contributed by atoms with E-state index in [1.54, 1.807) is 0 Å². The number of aryl methyl sites for hydroxylation is 2. The molecule has 210 valence electrons. The first-order valence-electron chi connectivity index (χ1n) is 13.6. The Kier molecular flexibility index (Phi) is 9.41. The number of nitrogens with zero attached hydrogens (tertiary/aromatic N) is 6. The molecule has 0 bridgehead atoms. The molecule has 0 aliphatic rings. The van der Waals surface area contributed by atoms with Gasteiger partial charge in [0.1, 0.15) is 10.1 Å². The summed E-state index contributed by atoms with van der Waals surface area (Å²) in [5, 5.41) is 11.9. The third-order valence-electron chi connectivity index (χ3n) is 5.73. The minimum absolute atomic E-state index is 0.0384. The van der Waals surface area contributed by atoms with Crippen molar-refractivity contribution in [3.63, 3.8) is 0 Å². The summed E-state index contributed by atoms with van der Waals surface area (Å²) in [4.78, 5) is 9.51. The normalized spacial score (nSPS) is 12.7. The van der Waals surface area contributed by atoms with Crippen LogP contribution in [0.2, 0.25) is 0 Å². The minimum Gasteiger partial charge on any atom is -0.290 e. The van der Waals surface area contributed by atoms with Gasteiger partial charge in [-0.15, -0.1) is 0 Å².